The summed E-state index contributed by atoms with van der Waals surface area (Å²) >= 11 is 0. The van der Waals surface area contributed by atoms with Crippen LogP contribution in [0, 0.1) is 0 Å². The Morgan fingerprint density at radius 2 is 1.65 bits per heavy atom. The molecule has 26 heavy (non-hydrogen) atoms. The lowest BCUT2D eigenvalue weighted by Gasteiger charge is -2.19. The molecule has 0 saturated carbocycles. The van der Waals surface area contributed by atoms with Crippen LogP contribution in [0.25, 0.3) is 11.1 Å². The van der Waals surface area contributed by atoms with Gasteiger partial charge in [0.2, 0.25) is 0 Å². The van der Waals surface area contributed by atoms with Gasteiger partial charge in [-0.1, -0.05) is 54.6 Å². The van der Waals surface area contributed by atoms with Gasteiger partial charge in [-0.2, -0.15) is 0 Å². The summed E-state index contributed by atoms with van der Waals surface area (Å²) in [5.41, 5.74) is 3.99. The van der Waals surface area contributed by atoms with E-state index >= 15 is 0 Å². The van der Waals surface area contributed by atoms with Gasteiger partial charge in [0.05, 0.1) is 19.6 Å². The van der Waals surface area contributed by atoms with Crippen molar-refractivity contribution in [2.24, 2.45) is 0 Å². The molecule has 1 unspecified atom stereocenters. The molecule has 0 bridgehead atoms. The summed E-state index contributed by atoms with van der Waals surface area (Å²) in [6.45, 7) is 0. The van der Waals surface area contributed by atoms with Crippen molar-refractivity contribution in [2.45, 2.75) is 12.5 Å². The van der Waals surface area contributed by atoms with Gasteiger partial charge in [-0.15, -0.1) is 0 Å². The Morgan fingerprint density at radius 3 is 2.31 bits per heavy atom. The molecule has 0 aliphatic rings. The lowest BCUT2D eigenvalue weighted by Crippen LogP contribution is -2.15. The van der Waals surface area contributed by atoms with Gasteiger partial charge in [0, 0.05) is 5.69 Å². The summed E-state index contributed by atoms with van der Waals surface area (Å²) in [5, 5.41) is 12.6. The quantitative estimate of drug-likeness (QED) is 0.632. The standard InChI is InChI=1S/C22H21NO3/c1-26-20-12-10-17(11-13-20)21(15-22(24)25)23-19-9-5-8-18(14-19)16-6-3-2-4-7-16/h2-14,21,23H,15H2,1H3,(H,24,25). The first-order valence-electron chi connectivity index (χ1n) is 8.43. The predicted octanol–water partition coefficient (Wildman–Crippen LogP) is 4.99. The van der Waals surface area contributed by atoms with Crippen LogP contribution in [-0.4, -0.2) is 18.2 Å². The molecule has 4 heteroatoms. The highest BCUT2D eigenvalue weighted by Gasteiger charge is 2.16. The number of carboxylic acid groups (broad SMARTS) is 1. The van der Waals surface area contributed by atoms with Crippen LogP contribution in [0.5, 0.6) is 5.75 Å². The van der Waals surface area contributed by atoms with Crippen molar-refractivity contribution in [3.8, 4) is 16.9 Å². The van der Waals surface area contributed by atoms with Crippen molar-refractivity contribution in [3.63, 3.8) is 0 Å². The van der Waals surface area contributed by atoms with Gasteiger partial charge >= 0.3 is 5.97 Å². The van der Waals surface area contributed by atoms with Gasteiger partial charge in [-0.25, -0.2) is 0 Å². The number of methoxy groups -OCH3 is 1. The fourth-order valence-electron chi connectivity index (χ4n) is 2.88. The minimum absolute atomic E-state index is 0.0120. The van der Waals surface area contributed by atoms with Gasteiger partial charge in [0.1, 0.15) is 5.75 Å². The summed E-state index contributed by atoms with van der Waals surface area (Å²) in [7, 11) is 1.61. The Morgan fingerprint density at radius 1 is 0.962 bits per heavy atom. The van der Waals surface area contributed by atoms with E-state index in [-0.39, 0.29) is 12.5 Å². The Bertz CT molecular complexity index is 860. The number of rotatable bonds is 7. The summed E-state index contributed by atoms with van der Waals surface area (Å²) in [6, 6.07) is 25.2. The molecule has 0 aromatic heterocycles. The number of carbonyl (C=O) groups is 1. The summed E-state index contributed by atoms with van der Waals surface area (Å²) in [5.74, 6) is -0.105. The van der Waals surface area contributed by atoms with Crippen molar-refractivity contribution in [1.82, 2.24) is 0 Å². The van der Waals surface area contributed by atoms with Crippen LogP contribution in [0.2, 0.25) is 0 Å². The molecule has 0 aliphatic carbocycles. The summed E-state index contributed by atoms with van der Waals surface area (Å²) in [6.07, 6.45) is -0.0120. The Labute approximate surface area is 153 Å². The second-order valence-electron chi connectivity index (χ2n) is 6.01. The molecule has 2 N–H and O–H groups in total. The van der Waals surface area contributed by atoms with E-state index in [4.69, 9.17) is 4.74 Å². The molecule has 4 nitrogen and oxygen atoms in total. The average molecular weight is 347 g/mol. The smallest absolute Gasteiger partial charge is 0.305 e. The first kappa shape index (κ1) is 17.5. The molecular formula is C22H21NO3. The lowest BCUT2D eigenvalue weighted by atomic mass is 10.0. The maximum Gasteiger partial charge on any atom is 0.305 e. The molecule has 0 amide bonds. The number of ether oxygens (including phenoxy) is 1. The Hall–Kier alpha value is -3.27. The van der Waals surface area contributed by atoms with Crippen molar-refractivity contribution in [1.29, 1.82) is 0 Å². The summed E-state index contributed by atoms with van der Waals surface area (Å²) < 4.78 is 5.18. The van der Waals surface area contributed by atoms with E-state index in [0.717, 1.165) is 28.1 Å². The fourth-order valence-corrected chi connectivity index (χ4v) is 2.88. The molecule has 132 valence electrons. The van der Waals surface area contributed by atoms with Crippen LogP contribution >= 0.6 is 0 Å². The Balaban J connectivity index is 1.85. The normalized spacial score (nSPS) is 11.6. The predicted molar refractivity (Wildman–Crippen MR) is 103 cm³/mol. The number of benzene rings is 3. The third-order valence-electron chi connectivity index (χ3n) is 4.21. The molecule has 0 radical (unpaired) electrons. The molecule has 3 rings (SSSR count). The van der Waals surface area contributed by atoms with Gasteiger partial charge in [0.25, 0.3) is 0 Å². The number of carboxylic acids is 1. The second-order valence-corrected chi connectivity index (χ2v) is 6.01. The van der Waals surface area contributed by atoms with Crippen LogP contribution < -0.4 is 10.1 Å². The number of anilines is 1. The van der Waals surface area contributed by atoms with E-state index in [1.54, 1.807) is 7.11 Å². The molecule has 0 heterocycles. The van der Waals surface area contributed by atoms with Crippen LogP contribution in [0.15, 0.2) is 78.9 Å². The highest BCUT2D eigenvalue weighted by molar-refractivity contribution is 5.71. The third kappa shape index (κ3) is 4.42. The third-order valence-corrected chi connectivity index (χ3v) is 4.21. The first-order chi connectivity index (χ1) is 12.7. The van der Waals surface area contributed by atoms with Crippen molar-refractivity contribution >= 4 is 11.7 Å². The number of hydrogen-bond acceptors (Lipinski definition) is 3. The van der Waals surface area contributed by atoms with Crippen LogP contribution in [-0.2, 0) is 4.79 Å². The van der Waals surface area contributed by atoms with E-state index in [2.05, 4.69) is 17.4 Å². The zero-order chi connectivity index (χ0) is 18.4. The van der Waals surface area contributed by atoms with Crippen molar-refractivity contribution < 1.29 is 14.6 Å². The number of nitrogens with one attached hydrogen (secondary N) is 1. The molecule has 0 spiro atoms. The van der Waals surface area contributed by atoms with Crippen LogP contribution in [0.4, 0.5) is 5.69 Å². The van der Waals surface area contributed by atoms with Gasteiger partial charge < -0.3 is 15.2 Å². The van der Waals surface area contributed by atoms with E-state index in [1.807, 2.05) is 66.7 Å². The molecule has 0 aliphatic heterocycles. The zero-order valence-corrected chi connectivity index (χ0v) is 14.6. The maximum atomic E-state index is 11.3. The monoisotopic (exact) mass is 347 g/mol. The van der Waals surface area contributed by atoms with Crippen molar-refractivity contribution in [3.05, 3.63) is 84.4 Å². The van der Waals surface area contributed by atoms with Crippen LogP contribution in [0.3, 0.4) is 0 Å². The summed E-state index contributed by atoms with van der Waals surface area (Å²) in [4.78, 5) is 11.3. The second kappa shape index (κ2) is 8.21. The van der Waals surface area contributed by atoms with Gasteiger partial charge in [-0.05, 0) is 41.0 Å². The maximum absolute atomic E-state index is 11.3. The van der Waals surface area contributed by atoms with E-state index in [1.165, 1.54) is 0 Å². The highest BCUT2D eigenvalue weighted by Crippen LogP contribution is 2.28. The number of aliphatic carboxylic acids is 1. The highest BCUT2D eigenvalue weighted by atomic mass is 16.5. The molecule has 3 aromatic rings. The van der Waals surface area contributed by atoms with E-state index in [9.17, 15) is 9.90 Å². The lowest BCUT2D eigenvalue weighted by molar-refractivity contribution is -0.137. The average Bonchev–Trinajstić information content (AvgIpc) is 2.68. The van der Waals surface area contributed by atoms with Crippen molar-refractivity contribution in [2.75, 3.05) is 12.4 Å². The molecule has 0 fully saturated rings. The number of hydrogen-bond donors (Lipinski definition) is 2. The van der Waals surface area contributed by atoms with E-state index in [0.29, 0.717) is 0 Å². The van der Waals surface area contributed by atoms with Crippen LogP contribution in [0.1, 0.15) is 18.0 Å². The molecular weight excluding hydrogens is 326 g/mol. The molecule has 1 atom stereocenters. The SMILES string of the molecule is COc1ccc(C(CC(=O)O)Nc2cccc(-c3ccccc3)c2)cc1. The van der Waals surface area contributed by atoms with Gasteiger partial charge in [-0.3, -0.25) is 4.79 Å². The Kier molecular flexibility index (Phi) is 5.54. The first-order valence-corrected chi connectivity index (χ1v) is 8.43. The molecule has 3 aromatic carbocycles. The van der Waals surface area contributed by atoms with Gasteiger partial charge in [0.15, 0.2) is 0 Å². The minimum Gasteiger partial charge on any atom is -0.497 e. The molecule has 0 saturated heterocycles. The van der Waals surface area contributed by atoms with E-state index < -0.39 is 5.97 Å². The fraction of sp³-hybridized carbons (Fsp3) is 0.136. The minimum atomic E-state index is -0.850. The zero-order valence-electron chi connectivity index (χ0n) is 14.6. The largest absolute Gasteiger partial charge is 0.497 e. The topological polar surface area (TPSA) is 58.6 Å².